The summed E-state index contributed by atoms with van der Waals surface area (Å²) in [5.41, 5.74) is 2.27. The summed E-state index contributed by atoms with van der Waals surface area (Å²) in [6.07, 6.45) is 1.43. The number of benzene rings is 2. The van der Waals surface area contributed by atoms with Crippen molar-refractivity contribution in [1.82, 2.24) is 9.88 Å². The Kier molecular flexibility index (Phi) is 8.35. The van der Waals surface area contributed by atoms with E-state index in [-0.39, 0.29) is 22.9 Å². The van der Waals surface area contributed by atoms with E-state index in [2.05, 4.69) is 25.8 Å². The standard InChI is InChI=1S/C25H26Cl2N6O3/c1-2-36-22-6-4-3-5-21(22)30-24(34)29-18-7-9-19(10-8-18)32-11-13-33(14-12-32)25(35)31-23-20(27)15-17(26)16-28-23/h3-10,15-16H,2,11-14H2,1H3,(H,28,31,35)(H2,29,30,34). The number of rotatable bonds is 6. The Bertz CT molecular complexity index is 1220. The fraction of sp³-hybridized carbons (Fsp3) is 0.240. The largest absolute Gasteiger partial charge is 0.492 e. The highest BCUT2D eigenvalue weighted by atomic mass is 35.5. The Morgan fingerprint density at radius 1 is 0.972 bits per heavy atom. The van der Waals surface area contributed by atoms with Crippen molar-refractivity contribution in [2.24, 2.45) is 0 Å². The molecule has 188 valence electrons. The van der Waals surface area contributed by atoms with Crippen molar-refractivity contribution in [2.75, 3.05) is 53.6 Å². The number of piperazine rings is 1. The average molecular weight is 529 g/mol. The van der Waals surface area contributed by atoms with Crippen LogP contribution in [0.5, 0.6) is 5.75 Å². The van der Waals surface area contributed by atoms with Crippen molar-refractivity contribution in [3.63, 3.8) is 0 Å². The fourth-order valence-electron chi connectivity index (χ4n) is 3.75. The van der Waals surface area contributed by atoms with E-state index in [1.165, 1.54) is 12.3 Å². The molecule has 0 bridgehead atoms. The maximum absolute atomic E-state index is 12.6. The summed E-state index contributed by atoms with van der Waals surface area (Å²) in [6.45, 7) is 4.81. The Balaban J connectivity index is 1.27. The molecule has 0 atom stereocenters. The van der Waals surface area contributed by atoms with Gasteiger partial charge >= 0.3 is 12.1 Å². The van der Waals surface area contributed by atoms with Gasteiger partial charge in [-0.3, -0.25) is 5.32 Å². The number of hydrogen-bond donors (Lipinski definition) is 3. The first-order valence-electron chi connectivity index (χ1n) is 11.4. The van der Waals surface area contributed by atoms with Crippen molar-refractivity contribution < 1.29 is 14.3 Å². The number of amides is 4. The van der Waals surface area contributed by atoms with Gasteiger partial charge in [-0.05, 0) is 49.4 Å². The number of urea groups is 2. The Morgan fingerprint density at radius 2 is 1.69 bits per heavy atom. The lowest BCUT2D eigenvalue weighted by Gasteiger charge is -2.36. The number of anilines is 4. The van der Waals surface area contributed by atoms with Crippen molar-refractivity contribution >= 4 is 58.1 Å². The van der Waals surface area contributed by atoms with E-state index in [0.717, 1.165) is 5.69 Å². The number of para-hydroxylation sites is 2. The van der Waals surface area contributed by atoms with E-state index in [0.29, 0.717) is 54.9 Å². The van der Waals surface area contributed by atoms with Gasteiger partial charge in [-0.2, -0.15) is 0 Å². The number of ether oxygens (including phenoxy) is 1. The van der Waals surface area contributed by atoms with Crippen LogP contribution >= 0.6 is 23.2 Å². The molecule has 3 aromatic rings. The van der Waals surface area contributed by atoms with Gasteiger partial charge in [0.05, 0.1) is 22.3 Å². The van der Waals surface area contributed by atoms with Gasteiger partial charge in [-0.15, -0.1) is 0 Å². The summed E-state index contributed by atoms with van der Waals surface area (Å²) in [4.78, 5) is 33.0. The molecule has 1 fully saturated rings. The van der Waals surface area contributed by atoms with Crippen molar-refractivity contribution in [3.05, 3.63) is 70.8 Å². The lowest BCUT2D eigenvalue weighted by Crippen LogP contribution is -2.50. The molecule has 0 unspecified atom stereocenters. The molecular formula is C25H26Cl2N6O3. The van der Waals surface area contributed by atoms with Crippen LogP contribution in [0.2, 0.25) is 10.0 Å². The molecule has 0 radical (unpaired) electrons. The molecule has 0 aliphatic carbocycles. The first-order chi connectivity index (χ1) is 17.4. The maximum Gasteiger partial charge on any atom is 0.323 e. The van der Waals surface area contributed by atoms with Gasteiger partial charge in [0.25, 0.3) is 0 Å². The van der Waals surface area contributed by atoms with Crippen LogP contribution in [0.4, 0.5) is 32.5 Å². The zero-order valence-electron chi connectivity index (χ0n) is 19.6. The molecule has 1 aliphatic rings. The molecule has 2 aromatic carbocycles. The van der Waals surface area contributed by atoms with E-state index < -0.39 is 0 Å². The van der Waals surface area contributed by atoms with E-state index >= 15 is 0 Å². The van der Waals surface area contributed by atoms with Gasteiger partial charge in [-0.25, -0.2) is 14.6 Å². The number of nitrogens with one attached hydrogen (secondary N) is 3. The lowest BCUT2D eigenvalue weighted by atomic mass is 10.2. The fourth-order valence-corrected chi connectivity index (χ4v) is 4.17. The third kappa shape index (κ3) is 6.50. The predicted octanol–water partition coefficient (Wildman–Crippen LogP) is 5.79. The number of carbonyl (C=O) groups excluding carboxylic acids is 2. The summed E-state index contributed by atoms with van der Waals surface area (Å²) in [7, 11) is 0. The van der Waals surface area contributed by atoms with Crippen LogP contribution in [0.1, 0.15) is 6.92 Å². The Labute approximate surface area is 219 Å². The van der Waals surface area contributed by atoms with Crippen LogP contribution in [0.15, 0.2) is 60.8 Å². The smallest absolute Gasteiger partial charge is 0.323 e. The molecular weight excluding hydrogens is 503 g/mol. The van der Waals surface area contributed by atoms with Gasteiger partial charge in [-0.1, -0.05) is 35.3 Å². The number of halogens is 2. The van der Waals surface area contributed by atoms with E-state index in [4.69, 9.17) is 27.9 Å². The molecule has 3 N–H and O–H groups in total. The highest BCUT2D eigenvalue weighted by Gasteiger charge is 2.22. The zero-order valence-corrected chi connectivity index (χ0v) is 21.1. The minimum atomic E-state index is -0.357. The minimum Gasteiger partial charge on any atom is -0.492 e. The third-order valence-electron chi connectivity index (χ3n) is 5.53. The Morgan fingerprint density at radius 3 is 2.39 bits per heavy atom. The summed E-state index contributed by atoms with van der Waals surface area (Å²) in [6, 6.07) is 15.8. The van der Waals surface area contributed by atoms with Gasteiger partial charge < -0.3 is 25.2 Å². The summed E-state index contributed by atoms with van der Waals surface area (Å²) < 4.78 is 5.54. The minimum absolute atomic E-state index is 0.261. The molecule has 0 spiro atoms. The molecule has 1 saturated heterocycles. The molecule has 4 rings (SSSR count). The molecule has 2 heterocycles. The Hall–Kier alpha value is -3.69. The summed E-state index contributed by atoms with van der Waals surface area (Å²) in [5, 5.41) is 9.06. The van der Waals surface area contributed by atoms with Crippen LogP contribution in [-0.4, -0.2) is 54.7 Å². The van der Waals surface area contributed by atoms with Crippen LogP contribution in [0.3, 0.4) is 0 Å². The third-order valence-corrected chi connectivity index (χ3v) is 6.02. The summed E-state index contributed by atoms with van der Waals surface area (Å²) in [5.74, 6) is 0.896. The zero-order chi connectivity index (χ0) is 25.5. The van der Waals surface area contributed by atoms with Crippen LogP contribution in [0.25, 0.3) is 0 Å². The predicted molar refractivity (Wildman–Crippen MR) is 144 cm³/mol. The average Bonchev–Trinajstić information content (AvgIpc) is 2.87. The second kappa shape index (κ2) is 11.8. The summed E-state index contributed by atoms with van der Waals surface area (Å²) >= 11 is 12.0. The lowest BCUT2D eigenvalue weighted by molar-refractivity contribution is 0.208. The van der Waals surface area contributed by atoms with Crippen molar-refractivity contribution in [3.8, 4) is 5.75 Å². The maximum atomic E-state index is 12.6. The molecule has 4 amide bonds. The van der Waals surface area contributed by atoms with Gasteiger partial charge in [0.1, 0.15) is 5.75 Å². The highest BCUT2D eigenvalue weighted by molar-refractivity contribution is 6.36. The number of pyridine rings is 1. The highest BCUT2D eigenvalue weighted by Crippen LogP contribution is 2.25. The first-order valence-corrected chi connectivity index (χ1v) is 12.2. The number of nitrogens with zero attached hydrogens (tertiary/aromatic N) is 3. The number of carbonyl (C=O) groups is 2. The molecule has 36 heavy (non-hydrogen) atoms. The van der Waals surface area contributed by atoms with Gasteiger partial charge in [0.2, 0.25) is 0 Å². The van der Waals surface area contributed by atoms with E-state index in [9.17, 15) is 9.59 Å². The number of hydrogen-bond acceptors (Lipinski definition) is 5. The first kappa shape index (κ1) is 25.4. The van der Waals surface area contributed by atoms with Crippen molar-refractivity contribution in [2.45, 2.75) is 6.92 Å². The SMILES string of the molecule is CCOc1ccccc1NC(=O)Nc1ccc(N2CCN(C(=O)Nc3ncc(Cl)cc3Cl)CC2)cc1. The van der Waals surface area contributed by atoms with Crippen LogP contribution in [0, 0.1) is 0 Å². The molecule has 1 aliphatic heterocycles. The second-order valence-corrected chi connectivity index (χ2v) is 8.79. The molecule has 1 aromatic heterocycles. The van der Waals surface area contributed by atoms with E-state index in [1.807, 2.05) is 43.3 Å². The van der Waals surface area contributed by atoms with Crippen LogP contribution in [-0.2, 0) is 0 Å². The normalized spacial score (nSPS) is 13.2. The monoisotopic (exact) mass is 528 g/mol. The van der Waals surface area contributed by atoms with Gasteiger partial charge in [0.15, 0.2) is 5.82 Å². The topological polar surface area (TPSA) is 98.8 Å². The quantitative estimate of drug-likeness (QED) is 0.376. The van der Waals surface area contributed by atoms with Crippen LogP contribution < -0.4 is 25.6 Å². The number of aromatic nitrogens is 1. The van der Waals surface area contributed by atoms with Gasteiger partial charge in [0, 0.05) is 43.8 Å². The van der Waals surface area contributed by atoms with E-state index in [1.54, 1.807) is 17.0 Å². The second-order valence-electron chi connectivity index (χ2n) is 7.94. The van der Waals surface area contributed by atoms with Crippen molar-refractivity contribution in [1.29, 1.82) is 0 Å². The molecule has 0 saturated carbocycles. The molecule has 11 heteroatoms. The molecule has 9 nitrogen and oxygen atoms in total.